The molecule has 0 aromatic carbocycles. The topological polar surface area (TPSA) is 21.1 Å². The zero-order chi connectivity index (χ0) is 9.10. The van der Waals surface area contributed by atoms with Gasteiger partial charge in [-0.1, -0.05) is 6.42 Å². The van der Waals surface area contributed by atoms with Crippen molar-refractivity contribution in [1.29, 1.82) is 0 Å². The Bertz CT molecular complexity index is 261. The first-order valence-corrected chi connectivity index (χ1v) is 5.06. The lowest BCUT2D eigenvalue weighted by molar-refractivity contribution is 0.180. The van der Waals surface area contributed by atoms with E-state index in [1.807, 2.05) is 6.20 Å². The fourth-order valence-corrected chi connectivity index (χ4v) is 1.87. The van der Waals surface area contributed by atoms with Crippen LogP contribution in [0.5, 0.6) is 0 Å². The van der Waals surface area contributed by atoms with Gasteiger partial charge >= 0.3 is 0 Å². The van der Waals surface area contributed by atoms with E-state index in [0.717, 1.165) is 12.5 Å². The van der Waals surface area contributed by atoms with E-state index < -0.39 is 0 Å². The molecule has 3 nitrogen and oxygen atoms in total. The summed E-state index contributed by atoms with van der Waals surface area (Å²) in [4.78, 5) is 6.72. The molecule has 13 heavy (non-hydrogen) atoms. The second kappa shape index (κ2) is 3.92. The first-order valence-electron chi connectivity index (χ1n) is 5.06. The third-order valence-electron chi connectivity index (χ3n) is 2.72. The molecule has 1 saturated heterocycles. The number of nitrogens with zero attached hydrogens (tertiary/aromatic N) is 3. The maximum Gasteiger partial charge on any atom is 0.106 e. The van der Waals surface area contributed by atoms with E-state index in [-0.39, 0.29) is 0 Å². The summed E-state index contributed by atoms with van der Waals surface area (Å²) in [6.45, 7) is 5.57. The monoisotopic (exact) mass is 179 g/mol. The number of aryl methyl sites for hydroxylation is 1. The minimum atomic E-state index is 1.02. The largest absolute Gasteiger partial charge is 0.322 e. The van der Waals surface area contributed by atoms with Crippen LogP contribution >= 0.6 is 0 Å². The van der Waals surface area contributed by atoms with Crippen LogP contribution in [0.3, 0.4) is 0 Å². The molecule has 2 rings (SSSR count). The highest BCUT2D eigenvalue weighted by Crippen LogP contribution is 2.10. The Morgan fingerprint density at radius 2 is 2.08 bits per heavy atom. The summed E-state index contributed by atoms with van der Waals surface area (Å²) < 4.78 is 2.21. The fourth-order valence-electron chi connectivity index (χ4n) is 1.87. The highest BCUT2D eigenvalue weighted by Gasteiger charge is 2.10. The molecular weight excluding hydrogens is 162 g/mol. The highest BCUT2D eigenvalue weighted by molar-refractivity contribution is 4.88. The van der Waals surface area contributed by atoms with Gasteiger partial charge < -0.3 is 4.57 Å². The minimum Gasteiger partial charge on any atom is -0.322 e. The van der Waals surface area contributed by atoms with Gasteiger partial charge in [0.2, 0.25) is 0 Å². The summed E-state index contributed by atoms with van der Waals surface area (Å²) >= 11 is 0. The molecule has 0 atom stereocenters. The van der Waals surface area contributed by atoms with Gasteiger partial charge in [-0.05, 0) is 32.9 Å². The molecule has 0 amide bonds. The molecule has 0 spiro atoms. The van der Waals surface area contributed by atoms with E-state index >= 15 is 0 Å². The van der Waals surface area contributed by atoms with Crippen LogP contribution in [0.25, 0.3) is 0 Å². The molecule has 1 aliphatic heterocycles. The Morgan fingerprint density at radius 3 is 2.69 bits per heavy atom. The quantitative estimate of drug-likeness (QED) is 0.688. The number of rotatable bonds is 2. The zero-order valence-electron chi connectivity index (χ0n) is 8.24. The summed E-state index contributed by atoms with van der Waals surface area (Å²) in [5.41, 5.74) is 0. The van der Waals surface area contributed by atoms with Gasteiger partial charge in [0.05, 0.1) is 6.67 Å². The van der Waals surface area contributed by atoms with Crippen LogP contribution in [0.15, 0.2) is 12.4 Å². The molecule has 0 saturated carbocycles. The maximum atomic E-state index is 4.22. The van der Waals surface area contributed by atoms with Crippen molar-refractivity contribution in [3.05, 3.63) is 18.2 Å². The third-order valence-corrected chi connectivity index (χ3v) is 2.72. The Hall–Kier alpha value is -0.830. The lowest BCUT2D eigenvalue weighted by Gasteiger charge is -2.26. The Kier molecular flexibility index (Phi) is 2.64. The van der Waals surface area contributed by atoms with Gasteiger partial charge in [0.15, 0.2) is 0 Å². The molecular formula is C10H17N3. The van der Waals surface area contributed by atoms with E-state index in [9.17, 15) is 0 Å². The van der Waals surface area contributed by atoms with E-state index in [2.05, 4.69) is 27.6 Å². The normalized spacial score (nSPS) is 19.2. The van der Waals surface area contributed by atoms with Crippen LogP contribution in [0.4, 0.5) is 0 Å². The van der Waals surface area contributed by atoms with Gasteiger partial charge in [0.1, 0.15) is 5.82 Å². The fraction of sp³-hybridized carbons (Fsp3) is 0.700. The van der Waals surface area contributed by atoms with Crippen LogP contribution in [0.1, 0.15) is 25.1 Å². The van der Waals surface area contributed by atoms with Crippen LogP contribution in [-0.4, -0.2) is 27.5 Å². The van der Waals surface area contributed by atoms with Gasteiger partial charge in [-0.3, -0.25) is 4.90 Å². The molecule has 0 aliphatic carbocycles. The molecule has 0 unspecified atom stereocenters. The Balaban J connectivity index is 1.93. The summed E-state index contributed by atoms with van der Waals surface area (Å²) in [5, 5.41) is 0. The van der Waals surface area contributed by atoms with Crippen molar-refractivity contribution in [1.82, 2.24) is 14.5 Å². The van der Waals surface area contributed by atoms with Crippen molar-refractivity contribution in [2.45, 2.75) is 32.9 Å². The highest BCUT2D eigenvalue weighted by atomic mass is 15.3. The molecule has 3 heteroatoms. The van der Waals surface area contributed by atoms with Crippen molar-refractivity contribution < 1.29 is 0 Å². The van der Waals surface area contributed by atoms with Crippen molar-refractivity contribution in [3.8, 4) is 0 Å². The molecule has 2 heterocycles. The summed E-state index contributed by atoms with van der Waals surface area (Å²) in [6.07, 6.45) is 8.05. The Labute approximate surface area is 79.4 Å². The second-order valence-corrected chi connectivity index (χ2v) is 3.76. The summed E-state index contributed by atoms with van der Waals surface area (Å²) in [7, 11) is 0. The van der Waals surface area contributed by atoms with E-state index in [4.69, 9.17) is 0 Å². The maximum absolute atomic E-state index is 4.22. The third kappa shape index (κ3) is 2.10. The van der Waals surface area contributed by atoms with Gasteiger partial charge in [0.25, 0.3) is 0 Å². The number of hydrogen-bond donors (Lipinski definition) is 0. The molecule has 0 N–H and O–H groups in total. The first kappa shape index (κ1) is 8.75. The molecule has 1 aliphatic rings. The van der Waals surface area contributed by atoms with Gasteiger partial charge in [-0.15, -0.1) is 0 Å². The molecule has 1 aromatic rings. The molecule has 0 radical (unpaired) electrons. The zero-order valence-corrected chi connectivity index (χ0v) is 8.24. The number of aromatic nitrogens is 2. The lowest BCUT2D eigenvalue weighted by atomic mass is 10.1. The molecule has 1 aromatic heterocycles. The van der Waals surface area contributed by atoms with E-state index in [1.54, 1.807) is 0 Å². The van der Waals surface area contributed by atoms with E-state index in [0.29, 0.717) is 0 Å². The van der Waals surface area contributed by atoms with Crippen LogP contribution < -0.4 is 0 Å². The predicted octanol–water partition coefficient (Wildman–Crippen LogP) is 1.63. The molecule has 1 fully saturated rings. The second-order valence-electron chi connectivity index (χ2n) is 3.76. The van der Waals surface area contributed by atoms with Crippen molar-refractivity contribution in [2.75, 3.05) is 13.1 Å². The van der Waals surface area contributed by atoms with Gasteiger partial charge in [-0.2, -0.15) is 0 Å². The van der Waals surface area contributed by atoms with Crippen molar-refractivity contribution >= 4 is 0 Å². The number of imidazole rings is 1. The van der Waals surface area contributed by atoms with Gasteiger partial charge in [0, 0.05) is 12.4 Å². The molecule has 72 valence electrons. The average Bonchev–Trinajstić information content (AvgIpc) is 2.54. The van der Waals surface area contributed by atoms with Gasteiger partial charge in [-0.25, -0.2) is 4.98 Å². The standard InChI is InChI=1S/C10H17N3/c1-10-11-5-8-13(10)9-12-6-3-2-4-7-12/h5,8H,2-4,6-7,9H2,1H3. The average molecular weight is 179 g/mol. The number of piperidine rings is 1. The molecule has 0 bridgehead atoms. The van der Waals surface area contributed by atoms with Crippen LogP contribution in [0, 0.1) is 6.92 Å². The summed E-state index contributed by atoms with van der Waals surface area (Å²) in [6, 6.07) is 0. The lowest BCUT2D eigenvalue weighted by Crippen LogP contribution is -2.31. The SMILES string of the molecule is Cc1nccn1CN1CCCCC1. The Morgan fingerprint density at radius 1 is 1.31 bits per heavy atom. The number of hydrogen-bond acceptors (Lipinski definition) is 2. The smallest absolute Gasteiger partial charge is 0.106 e. The van der Waals surface area contributed by atoms with Crippen LogP contribution in [0.2, 0.25) is 0 Å². The summed E-state index contributed by atoms with van der Waals surface area (Å²) in [5.74, 6) is 1.12. The van der Waals surface area contributed by atoms with Crippen molar-refractivity contribution in [2.24, 2.45) is 0 Å². The van der Waals surface area contributed by atoms with Crippen LogP contribution in [-0.2, 0) is 6.67 Å². The number of likely N-dealkylation sites (tertiary alicyclic amines) is 1. The predicted molar refractivity (Wildman–Crippen MR) is 52.4 cm³/mol. The van der Waals surface area contributed by atoms with Crippen molar-refractivity contribution in [3.63, 3.8) is 0 Å². The van der Waals surface area contributed by atoms with E-state index in [1.165, 1.54) is 32.4 Å². The first-order chi connectivity index (χ1) is 6.36. The minimum absolute atomic E-state index is 1.02.